The number of rotatable bonds is 6. The van der Waals surface area contributed by atoms with Crippen LogP contribution < -0.4 is 4.74 Å². The highest BCUT2D eigenvalue weighted by molar-refractivity contribution is 7.71. The van der Waals surface area contributed by atoms with Gasteiger partial charge in [0.25, 0.3) is 5.69 Å². The number of aromatic nitrogens is 3. The fourth-order valence-electron chi connectivity index (χ4n) is 2.18. The van der Waals surface area contributed by atoms with Gasteiger partial charge in [-0.3, -0.25) is 10.1 Å². The minimum Gasteiger partial charge on any atom is -0.482 e. The molecule has 3 rings (SSSR count). The van der Waals surface area contributed by atoms with Gasteiger partial charge in [0, 0.05) is 22.7 Å². The zero-order valence-corrected chi connectivity index (χ0v) is 16.9. The van der Waals surface area contributed by atoms with Crippen molar-refractivity contribution in [2.75, 3.05) is 0 Å². The van der Waals surface area contributed by atoms with Gasteiger partial charge < -0.3 is 4.74 Å². The number of nitro benzene ring substituents is 1. The van der Waals surface area contributed by atoms with Crippen LogP contribution >= 0.6 is 47.0 Å². The molecule has 12 heteroatoms. The molecule has 8 nitrogen and oxygen atoms in total. The minimum absolute atomic E-state index is 0.0412. The number of H-pyrrole nitrogens is 1. The predicted molar refractivity (Wildman–Crippen MR) is 109 cm³/mol. The molecule has 0 saturated heterocycles. The molecule has 1 N–H and O–H groups in total. The highest BCUT2D eigenvalue weighted by Crippen LogP contribution is 2.36. The molecule has 3 aromatic rings. The molecule has 0 unspecified atom stereocenters. The summed E-state index contributed by atoms with van der Waals surface area (Å²) in [5, 5.41) is 22.6. The van der Waals surface area contributed by atoms with E-state index < -0.39 is 4.92 Å². The van der Waals surface area contributed by atoms with Crippen molar-refractivity contribution in [3.8, 4) is 5.75 Å². The average Bonchev–Trinajstić information content (AvgIpc) is 2.99. The monoisotopic (exact) mass is 457 g/mol. The number of ether oxygens (including phenoxy) is 1. The van der Waals surface area contributed by atoms with Crippen molar-refractivity contribution in [3.63, 3.8) is 0 Å². The third-order valence-corrected chi connectivity index (χ3v) is 4.47. The molecule has 1 heterocycles. The molecular weight excluding hydrogens is 449 g/mol. The van der Waals surface area contributed by atoms with E-state index in [9.17, 15) is 10.1 Å². The normalized spacial score (nSPS) is 11.1. The van der Waals surface area contributed by atoms with Crippen LogP contribution in [0.15, 0.2) is 41.5 Å². The van der Waals surface area contributed by atoms with Gasteiger partial charge in [0.05, 0.1) is 21.2 Å². The number of hydrogen-bond acceptors (Lipinski definition) is 6. The molecule has 0 bridgehead atoms. The zero-order chi connectivity index (χ0) is 20.3. The van der Waals surface area contributed by atoms with Gasteiger partial charge in [0.1, 0.15) is 6.61 Å². The summed E-state index contributed by atoms with van der Waals surface area (Å²) in [7, 11) is 0. The number of benzene rings is 2. The summed E-state index contributed by atoms with van der Waals surface area (Å²) in [6, 6.07) is 9.01. The molecule has 0 amide bonds. The van der Waals surface area contributed by atoms with Crippen LogP contribution in [0.1, 0.15) is 11.4 Å². The van der Waals surface area contributed by atoms with Crippen LogP contribution in [0.3, 0.4) is 0 Å². The lowest BCUT2D eigenvalue weighted by molar-refractivity contribution is -0.384. The Balaban J connectivity index is 1.82. The Morgan fingerprint density at radius 1 is 1.29 bits per heavy atom. The van der Waals surface area contributed by atoms with Gasteiger partial charge in [-0.2, -0.15) is 14.9 Å². The fourth-order valence-corrected chi connectivity index (χ4v) is 3.31. The van der Waals surface area contributed by atoms with E-state index in [-0.39, 0.29) is 32.9 Å². The molecule has 0 aliphatic heterocycles. The van der Waals surface area contributed by atoms with Crippen LogP contribution in [-0.4, -0.2) is 26.0 Å². The van der Waals surface area contributed by atoms with Crippen molar-refractivity contribution in [1.29, 1.82) is 0 Å². The smallest absolute Gasteiger partial charge is 0.270 e. The number of non-ortho nitro benzene ring substituents is 1. The Hall–Kier alpha value is -2.46. The van der Waals surface area contributed by atoms with Crippen molar-refractivity contribution >= 4 is 58.9 Å². The quantitative estimate of drug-likeness (QED) is 0.235. The lowest BCUT2D eigenvalue weighted by Gasteiger charge is -2.09. The fraction of sp³-hybridized carbons (Fsp3) is 0.0625. The van der Waals surface area contributed by atoms with Crippen molar-refractivity contribution in [3.05, 3.63) is 77.7 Å². The second-order valence-corrected chi connectivity index (χ2v) is 6.98. The SMILES string of the molecule is O=[N+]([O-])c1cccc(/C=N/n2c(COc3c(Cl)cc(Cl)cc3Cl)n[nH]c2=S)c1. The maximum Gasteiger partial charge on any atom is 0.270 e. The summed E-state index contributed by atoms with van der Waals surface area (Å²) >= 11 is 23.2. The van der Waals surface area contributed by atoms with Crippen LogP contribution in [0.2, 0.25) is 15.1 Å². The van der Waals surface area contributed by atoms with Gasteiger partial charge in [-0.25, -0.2) is 5.10 Å². The molecular formula is C16H10Cl3N5O3S. The Morgan fingerprint density at radius 3 is 2.68 bits per heavy atom. The predicted octanol–water partition coefficient (Wildman–Crippen LogP) is 5.27. The molecule has 0 fully saturated rings. The lowest BCUT2D eigenvalue weighted by Crippen LogP contribution is -2.05. The van der Waals surface area contributed by atoms with Crippen molar-refractivity contribution in [1.82, 2.24) is 14.9 Å². The summed E-state index contributed by atoms with van der Waals surface area (Å²) in [6.07, 6.45) is 1.42. The second-order valence-electron chi connectivity index (χ2n) is 5.34. The van der Waals surface area contributed by atoms with Gasteiger partial charge in [0.15, 0.2) is 11.6 Å². The molecule has 0 saturated carbocycles. The maximum atomic E-state index is 10.9. The number of nitro groups is 1. The summed E-state index contributed by atoms with van der Waals surface area (Å²) in [5.74, 6) is 0.588. The number of hydrogen-bond donors (Lipinski definition) is 1. The Bertz CT molecular complexity index is 1110. The summed E-state index contributed by atoms with van der Waals surface area (Å²) in [6.45, 7) is -0.0412. The van der Waals surface area contributed by atoms with E-state index >= 15 is 0 Å². The molecule has 0 aliphatic rings. The van der Waals surface area contributed by atoms with Crippen LogP contribution in [0, 0.1) is 14.9 Å². The summed E-state index contributed by atoms with van der Waals surface area (Å²) < 4.78 is 7.17. The Morgan fingerprint density at radius 2 is 2.00 bits per heavy atom. The van der Waals surface area contributed by atoms with Gasteiger partial charge in [-0.15, -0.1) is 0 Å². The molecule has 0 spiro atoms. The van der Waals surface area contributed by atoms with Gasteiger partial charge >= 0.3 is 0 Å². The topological polar surface area (TPSA) is 98.3 Å². The molecule has 1 aromatic heterocycles. The summed E-state index contributed by atoms with van der Waals surface area (Å²) in [4.78, 5) is 10.4. The van der Waals surface area contributed by atoms with E-state index in [2.05, 4.69) is 15.3 Å². The second kappa shape index (κ2) is 8.70. The lowest BCUT2D eigenvalue weighted by atomic mass is 10.2. The first-order valence-electron chi connectivity index (χ1n) is 7.57. The molecule has 144 valence electrons. The average molecular weight is 459 g/mol. The first kappa shape index (κ1) is 20.3. The van der Waals surface area contributed by atoms with Crippen molar-refractivity contribution < 1.29 is 9.66 Å². The molecule has 2 aromatic carbocycles. The van der Waals surface area contributed by atoms with Crippen LogP contribution in [-0.2, 0) is 6.61 Å². The van der Waals surface area contributed by atoms with Crippen molar-refractivity contribution in [2.24, 2.45) is 5.10 Å². The highest BCUT2D eigenvalue weighted by Gasteiger charge is 2.12. The van der Waals surface area contributed by atoms with Crippen LogP contribution in [0.4, 0.5) is 5.69 Å². The van der Waals surface area contributed by atoms with E-state index in [0.717, 1.165) is 0 Å². The Kier molecular flexibility index (Phi) is 6.30. The number of nitrogens with one attached hydrogen (secondary N) is 1. The first-order chi connectivity index (χ1) is 13.3. The van der Waals surface area contributed by atoms with E-state index in [0.29, 0.717) is 16.4 Å². The third kappa shape index (κ3) is 4.68. The first-order valence-corrected chi connectivity index (χ1v) is 9.12. The van der Waals surface area contributed by atoms with E-state index in [1.54, 1.807) is 12.1 Å². The number of aromatic amines is 1. The molecule has 0 aliphatic carbocycles. The van der Waals surface area contributed by atoms with Crippen LogP contribution in [0.5, 0.6) is 5.75 Å². The minimum atomic E-state index is -0.486. The van der Waals surface area contributed by atoms with Crippen LogP contribution in [0.25, 0.3) is 0 Å². The molecule has 28 heavy (non-hydrogen) atoms. The van der Waals surface area contributed by atoms with Crippen molar-refractivity contribution in [2.45, 2.75) is 6.61 Å². The zero-order valence-electron chi connectivity index (χ0n) is 13.8. The maximum absolute atomic E-state index is 10.9. The third-order valence-electron chi connectivity index (χ3n) is 3.43. The molecule has 0 radical (unpaired) electrons. The van der Waals surface area contributed by atoms with E-state index in [1.165, 1.54) is 35.2 Å². The van der Waals surface area contributed by atoms with E-state index in [1.807, 2.05) is 0 Å². The molecule has 0 atom stereocenters. The number of halogens is 3. The van der Waals surface area contributed by atoms with E-state index in [4.69, 9.17) is 51.8 Å². The Labute approximate surface area is 178 Å². The highest BCUT2D eigenvalue weighted by atomic mass is 35.5. The largest absolute Gasteiger partial charge is 0.482 e. The summed E-state index contributed by atoms with van der Waals surface area (Å²) in [5.41, 5.74) is 0.475. The number of nitrogens with zero attached hydrogens (tertiary/aromatic N) is 4. The van der Waals surface area contributed by atoms with Gasteiger partial charge in [-0.1, -0.05) is 46.9 Å². The standard InChI is InChI=1S/C16H10Cl3N5O3S/c17-10-5-12(18)15(13(19)6-10)27-8-14-21-22-16(28)23(14)20-7-9-2-1-3-11(4-9)24(25)26/h1-7H,8H2,(H,22,28)/b20-7+. The van der Waals surface area contributed by atoms with Gasteiger partial charge in [0.2, 0.25) is 4.77 Å². The van der Waals surface area contributed by atoms with Gasteiger partial charge in [-0.05, 0) is 24.4 Å².